The van der Waals surface area contributed by atoms with Crippen LogP contribution in [0.4, 0.5) is 23.7 Å². The molecule has 0 radical (unpaired) electrons. The summed E-state index contributed by atoms with van der Waals surface area (Å²) in [5.74, 6) is 0.657. The third-order valence-electron chi connectivity index (χ3n) is 10.0. The number of carbonyl (C=O) groups is 2. The predicted octanol–water partition coefficient (Wildman–Crippen LogP) is 5.21. The van der Waals surface area contributed by atoms with Gasteiger partial charge in [-0.2, -0.15) is 13.2 Å². The number of anilines is 1. The van der Waals surface area contributed by atoms with Gasteiger partial charge in [-0.15, -0.1) is 0 Å². The average molecular weight is 677 g/mol. The molecular formula is C33H40ClF3N6O4. The second kappa shape index (κ2) is 13.8. The van der Waals surface area contributed by atoms with Crippen LogP contribution in [0, 0.1) is 11.8 Å². The fraction of sp³-hybridized carbons (Fsp3) is 0.545. The van der Waals surface area contributed by atoms with Crippen LogP contribution in [-0.4, -0.2) is 76.7 Å². The molecule has 0 saturated carbocycles. The summed E-state index contributed by atoms with van der Waals surface area (Å²) in [4.78, 5) is 46.1. The number of nitrogens with one attached hydrogen (secondary N) is 2. The highest BCUT2D eigenvalue weighted by Gasteiger charge is 2.38. The van der Waals surface area contributed by atoms with Gasteiger partial charge in [-0.3, -0.25) is 9.36 Å². The number of H-pyrrole nitrogens is 1. The molecule has 47 heavy (non-hydrogen) atoms. The van der Waals surface area contributed by atoms with E-state index in [1.54, 1.807) is 9.47 Å². The third-order valence-corrected chi connectivity index (χ3v) is 10.4. The maximum Gasteiger partial charge on any atom is 0.418 e. The minimum absolute atomic E-state index is 0.0877. The van der Waals surface area contributed by atoms with Gasteiger partial charge in [0.2, 0.25) is 0 Å². The van der Waals surface area contributed by atoms with Gasteiger partial charge >= 0.3 is 18.0 Å². The molecule has 0 aliphatic carbocycles. The summed E-state index contributed by atoms with van der Waals surface area (Å²) in [6.45, 7) is 3.52. The number of benzene rings is 2. The fourth-order valence-corrected chi connectivity index (χ4v) is 7.71. The van der Waals surface area contributed by atoms with Gasteiger partial charge in [0, 0.05) is 38.6 Å². The molecule has 0 bridgehead atoms. The number of aromatic nitrogens is 2. The number of halogens is 4. The number of nitrogen functional groups attached to an aromatic ring is 1. The lowest BCUT2D eigenvalue weighted by Gasteiger charge is -2.39. The number of hydrogen-bond acceptors (Lipinski definition) is 6. The Labute approximate surface area is 275 Å². The molecule has 10 nitrogen and oxygen atoms in total. The Morgan fingerprint density at radius 2 is 1.60 bits per heavy atom. The van der Waals surface area contributed by atoms with E-state index in [4.69, 9.17) is 22.1 Å². The minimum atomic E-state index is -4.76. The van der Waals surface area contributed by atoms with Crippen molar-refractivity contribution in [2.24, 2.45) is 11.8 Å². The number of rotatable bonds is 6. The molecule has 1 atom stereocenters. The molecule has 4 N–H and O–H groups in total. The summed E-state index contributed by atoms with van der Waals surface area (Å²) < 4.78 is 48.8. The quantitative estimate of drug-likeness (QED) is 0.308. The first-order valence-electron chi connectivity index (χ1n) is 16.3. The van der Waals surface area contributed by atoms with Crippen LogP contribution in [0.25, 0.3) is 11.0 Å². The molecule has 14 heteroatoms. The number of likely N-dealkylation sites (tertiary alicyclic amines) is 2. The van der Waals surface area contributed by atoms with Crippen molar-refractivity contribution in [3.8, 4) is 0 Å². The number of fused-ring (bicyclic) bond motifs is 1. The van der Waals surface area contributed by atoms with Crippen molar-refractivity contribution in [3.05, 3.63) is 63.0 Å². The molecule has 254 valence electrons. The van der Waals surface area contributed by atoms with Crippen molar-refractivity contribution in [2.75, 3.05) is 45.0 Å². The molecule has 3 fully saturated rings. The van der Waals surface area contributed by atoms with E-state index >= 15 is 0 Å². The van der Waals surface area contributed by atoms with E-state index in [0.717, 1.165) is 55.9 Å². The molecule has 0 spiro atoms. The molecule has 3 aromatic rings. The summed E-state index contributed by atoms with van der Waals surface area (Å²) in [7, 11) is 0. The first-order chi connectivity index (χ1) is 22.5. The first kappa shape index (κ1) is 33.2. The maximum absolute atomic E-state index is 13.9. The number of hydrogen-bond donors (Lipinski definition) is 3. The van der Waals surface area contributed by atoms with Gasteiger partial charge in [0.25, 0.3) is 5.91 Å². The molecule has 2 amide bonds. The number of nitrogens with zero attached hydrogens (tertiary/aromatic N) is 3. The largest absolute Gasteiger partial charge is 0.436 e. The topological polar surface area (TPSA) is 126 Å². The van der Waals surface area contributed by atoms with Gasteiger partial charge in [0.15, 0.2) is 6.10 Å². The van der Waals surface area contributed by atoms with Crippen LogP contribution in [0.1, 0.15) is 55.7 Å². The number of imidazole rings is 1. The van der Waals surface area contributed by atoms with Gasteiger partial charge in [-0.1, -0.05) is 23.7 Å². The molecule has 1 aromatic heterocycles. The SMILES string of the molecule is Nc1c(Cl)cc(C[C@@H](OC(=O)N2CCC(n3c(=O)[nH]c4ccccc43)CC2)C(=O)N2CCC(C3CCNCC3)CC2)cc1C(F)(F)F. The Bertz CT molecular complexity index is 1650. The number of ether oxygens (including phenoxy) is 1. The minimum Gasteiger partial charge on any atom is -0.436 e. The van der Waals surface area contributed by atoms with Gasteiger partial charge in [0.1, 0.15) is 0 Å². The standard InChI is InChI=1S/C33H40ClF3N6O4/c34-25-18-20(17-24(29(25)38)33(35,36)37)19-28(30(44)41-13-7-22(8-14-41)21-5-11-39-12-6-21)47-32(46)42-15-9-23(10-16-42)43-27-4-2-1-3-26(27)40-31(43)45/h1-4,17-18,21-23,28,39H,5-16,19,38H2,(H,40,45)/t28-/m1/s1. The summed E-state index contributed by atoms with van der Waals surface area (Å²) in [6.07, 6.45) is -2.30. The van der Waals surface area contributed by atoms with Crippen LogP contribution in [0.3, 0.4) is 0 Å². The second-order valence-corrected chi connectivity index (χ2v) is 13.3. The van der Waals surface area contributed by atoms with E-state index in [9.17, 15) is 27.6 Å². The van der Waals surface area contributed by atoms with E-state index in [-0.39, 0.29) is 41.8 Å². The molecule has 2 aromatic carbocycles. The highest BCUT2D eigenvalue weighted by atomic mass is 35.5. The fourth-order valence-electron chi connectivity index (χ4n) is 7.47. The number of alkyl halides is 3. The van der Waals surface area contributed by atoms with Gasteiger partial charge < -0.3 is 30.6 Å². The second-order valence-electron chi connectivity index (χ2n) is 12.9. The van der Waals surface area contributed by atoms with E-state index in [1.807, 2.05) is 24.3 Å². The molecule has 3 saturated heterocycles. The molecule has 0 unspecified atom stereocenters. The van der Waals surface area contributed by atoms with Crippen molar-refractivity contribution >= 4 is 40.3 Å². The highest BCUT2D eigenvalue weighted by Crippen LogP contribution is 2.38. The lowest BCUT2D eigenvalue weighted by Crippen LogP contribution is -2.49. The maximum atomic E-state index is 13.9. The van der Waals surface area contributed by atoms with E-state index in [2.05, 4.69) is 10.3 Å². The van der Waals surface area contributed by atoms with E-state index in [0.29, 0.717) is 37.8 Å². The number of amides is 2. The van der Waals surface area contributed by atoms with Crippen molar-refractivity contribution in [2.45, 2.75) is 63.3 Å². The molecule has 3 aliphatic rings. The number of carbonyl (C=O) groups excluding carboxylic acids is 2. The van der Waals surface area contributed by atoms with Crippen molar-refractivity contribution < 1.29 is 27.5 Å². The highest BCUT2D eigenvalue weighted by molar-refractivity contribution is 6.33. The van der Waals surface area contributed by atoms with Crippen LogP contribution in [0.15, 0.2) is 41.2 Å². The Balaban J connectivity index is 1.16. The monoisotopic (exact) mass is 676 g/mol. The zero-order chi connectivity index (χ0) is 33.3. The summed E-state index contributed by atoms with van der Waals surface area (Å²) in [6, 6.07) is 9.41. The zero-order valence-electron chi connectivity index (χ0n) is 26.0. The van der Waals surface area contributed by atoms with Crippen LogP contribution in [0.5, 0.6) is 0 Å². The zero-order valence-corrected chi connectivity index (χ0v) is 26.8. The predicted molar refractivity (Wildman–Crippen MR) is 172 cm³/mol. The smallest absolute Gasteiger partial charge is 0.418 e. The average Bonchev–Trinajstić information content (AvgIpc) is 3.41. The Morgan fingerprint density at radius 3 is 2.28 bits per heavy atom. The summed E-state index contributed by atoms with van der Waals surface area (Å²) in [5.41, 5.74) is 5.32. The number of para-hydroxylation sites is 2. The molecule has 4 heterocycles. The van der Waals surface area contributed by atoms with Crippen LogP contribution in [0.2, 0.25) is 5.02 Å². The molecule has 3 aliphatic heterocycles. The molecule has 6 rings (SSSR count). The van der Waals surface area contributed by atoms with Crippen LogP contribution >= 0.6 is 11.6 Å². The summed E-state index contributed by atoms with van der Waals surface area (Å²) in [5, 5.41) is 3.10. The lowest BCUT2D eigenvalue weighted by molar-refractivity contribution is -0.142. The lowest BCUT2D eigenvalue weighted by atomic mass is 9.79. The van der Waals surface area contributed by atoms with E-state index in [1.165, 1.54) is 11.0 Å². The summed E-state index contributed by atoms with van der Waals surface area (Å²) >= 11 is 6.09. The van der Waals surface area contributed by atoms with Gasteiger partial charge in [-0.05, 0) is 93.3 Å². The third kappa shape index (κ3) is 7.25. The first-order valence-corrected chi connectivity index (χ1v) is 16.7. The van der Waals surface area contributed by atoms with Crippen LogP contribution in [-0.2, 0) is 22.1 Å². The van der Waals surface area contributed by atoms with Crippen LogP contribution < -0.4 is 16.7 Å². The Morgan fingerprint density at radius 1 is 0.957 bits per heavy atom. The van der Waals surface area contributed by atoms with Crippen molar-refractivity contribution in [3.63, 3.8) is 0 Å². The van der Waals surface area contributed by atoms with Crippen molar-refractivity contribution in [1.29, 1.82) is 0 Å². The normalized spacial score (nSPS) is 19.7. The Kier molecular flexibility index (Phi) is 9.75. The number of nitrogens with two attached hydrogens (primary N) is 1. The van der Waals surface area contributed by atoms with Gasteiger partial charge in [0.05, 0.1) is 27.3 Å². The van der Waals surface area contributed by atoms with Crippen molar-refractivity contribution in [1.82, 2.24) is 24.7 Å². The van der Waals surface area contributed by atoms with Gasteiger partial charge in [-0.25, -0.2) is 9.59 Å². The van der Waals surface area contributed by atoms with E-state index < -0.39 is 35.5 Å². The Hall–Kier alpha value is -3.71. The number of piperidine rings is 3. The molecular weight excluding hydrogens is 637 g/mol. The number of aromatic amines is 1.